The Morgan fingerprint density at radius 2 is 2.64 bits per heavy atom. The molecule has 3 N–H and O–H groups in total. The van der Waals surface area contributed by atoms with Gasteiger partial charge in [-0.25, -0.2) is 0 Å². The van der Waals surface area contributed by atoms with Crippen molar-refractivity contribution in [3.63, 3.8) is 0 Å². The molecule has 0 saturated carbocycles. The van der Waals surface area contributed by atoms with E-state index >= 15 is 0 Å². The van der Waals surface area contributed by atoms with Crippen molar-refractivity contribution in [3.05, 3.63) is 11.1 Å². The van der Waals surface area contributed by atoms with E-state index in [0.717, 1.165) is 11.4 Å². The maximum atomic E-state index is 5.42. The Morgan fingerprint density at radius 1 is 1.82 bits per heavy atom. The van der Waals surface area contributed by atoms with Gasteiger partial charge in [0.1, 0.15) is 0 Å². The van der Waals surface area contributed by atoms with Crippen LogP contribution in [-0.4, -0.2) is 22.2 Å². The maximum Gasteiger partial charge on any atom is 0.0666 e. The van der Waals surface area contributed by atoms with Gasteiger partial charge in [0.15, 0.2) is 0 Å². The maximum absolute atomic E-state index is 5.42. The third-order valence-corrected chi connectivity index (χ3v) is 2.05. The molecule has 0 spiro atoms. The lowest BCUT2D eigenvalue weighted by atomic mass is 10.3. The Kier molecular flexibility index (Phi) is 3.41. The van der Waals surface area contributed by atoms with Gasteiger partial charge in [-0.15, -0.1) is 5.10 Å². The van der Waals surface area contributed by atoms with Crippen molar-refractivity contribution in [2.24, 2.45) is 5.73 Å². The number of nitrogens with two attached hydrogens (primary N) is 1. The molecule has 62 valence electrons. The third-order valence-electron chi connectivity index (χ3n) is 1.39. The molecule has 0 amide bonds. The normalized spacial score (nSPS) is 13.3. The summed E-state index contributed by atoms with van der Waals surface area (Å²) in [5.41, 5.74) is 5.42. The molecule has 0 saturated heterocycles. The molecule has 4 nitrogen and oxygen atoms in total. The second-order valence-corrected chi connectivity index (χ2v) is 3.27. The van der Waals surface area contributed by atoms with E-state index in [9.17, 15) is 0 Å². The molecule has 0 radical (unpaired) electrons. The fourth-order valence-corrected chi connectivity index (χ4v) is 1.06. The van der Waals surface area contributed by atoms with Crippen molar-refractivity contribution in [2.75, 3.05) is 6.54 Å². The predicted octanol–water partition coefficient (Wildman–Crippen LogP) is -0.0251. The molecule has 1 heterocycles. The summed E-state index contributed by atoms with van der Waals surface area (Å²) in [6.07, 6.45) is 1.76. The Balaban J connectivity index is 2.23. The zero-order valence-electron chi connectivity index (χ0n) is 6.45. The first kappa shape index (κ1) is 8.58. The largest absolute Gasteiger partial charge is 0.329 e. The van der Waals surface area contributed by atoms with Crippen LogP contribution in [0.2, 0.25) is 0 Å². The monoisotopic (exact) mass is 172 g/mol. The van der Waals surface area contributed by atoms with Crippen LogP contribution in [0.5, 0.6) is 0 Å². The van der Waals surface area contributed by atoms with Crippen LogP contribution in [0.3, 0.4) is 0 Å². The van der Waals surface area contributed by atoms with Crippen LogP contribution in [0.4, 0.5) is 0 Å². The highest BCUT2D eigenvalue weighted by molar-refractivity contribution is 7.05. The van der Waals surface area contributed by atoms with Gasteiger partial charge in [-0.05, 0) is 18.5 Å². The molecule has 11 heavy (non-hydrogen) atoms. The van der Waals surface area contributed by atoms with E-state index in [-0.39, 0.29) is 0 Å². The summed E-state index contributed by atoms with van der Waals surface area (Å²) in [7, 11) is 0. The quantitative estimate of drug-likeness (QED) is 0.669. The van der Waals surface area contributed by atoms with E-state index in [1.54, 1.807) is 6.20 Å². The Morgan fingerprint density at radius 3 is 3.18 bits per heavy atom. The minimum atomic E-state index is 0.358. The number of aromatic nitrogens is 2. The van der Waals surface area contributed by atoms with Crippen LogP contribution >= 0.6 is 11.5 Å². The van der Waals surface area contributed by atoms with Crippen molar-refractivity contribution >= 4 is 11.5 Å². The summed E-state index contributed by atoms with van der Waals surface area (Å²) in [6.45, 7) is 3.52. The molecule has 1 atom stereocenters. The average Bonchev–Trinajstić information content (AvgIpc) is 2.52. The second-order valence-electron chi connectivity index (χ2n) is 2.40. The molecular formula is C6H12N4S. The molecule has 5 heteroatoms. The van der Waals surface area contributed by atoms with Crippen molar-refractivity contribution in [1.29, 1.82) is 0 Å². The average molecular weight is 172 g/mol. The van der Waals surface area contributed by atoms with Gasteiger partial charge in [0, 0.05) is 19.1 Å². The van der Waals surface area contributed by atoms with Gasteiger partial charge >= 0.3 is 0 Å². The standard InChI is InChI=1S/C6H12N4S/c1-5(2-7)8-3-6-4-9-10-11-6/h4-5,8H,2-3,7H2,1H3/t5-/m0/s1. The third kappa shape index (κ3) is 2.92. The van der Waals surface area contributed by atoms with E-state index in [1.165, 1.54) is 11.5 Å². The molecule has 1 aromatic rings. The summed E-state index contributed by atoms with van der Waals surface area (Å²) < 4.78 is 3.75. The van der Waals surface area contributed by atoms with Gasteiger partial charge in [-0.1, -0.05) is 4.49 Å². The van der Waals surface area contributed by atoms with Crippen molar-refractivity contribution in [1.82, 2.24) is 14.9 Å². The van der Waals surface area contributed by atoms with E-state index in [1.807, 2.05) is 0 Å². The summed E-state index contributed by atoms with van der Waals surface area (Å²) in [4.78, 5) is 1.14. The van der Waals surface area contributed by atoms with Crippen molar-refractivity contribution in [2.45, 2.75) is 19.5 Å². The van der Waals surface area contributed by atoms with E-state index in [0.29, 0.717) is 12.6 Å². The molecule has 0 unspecified atom stereocenters. The van der Waals surface area contributed by atoms with Crippen LogP contribution < -0.4 is 11.1 Å². The molecule has 0 fully saturated rings. The van der Waals surface area contributed by atoms with Gasteiger partial charge in [-0.3, -0.25) is 0 Å². The summed E-state index contributed by atoms with van der Waals surface area (Å²) >= 11 is 1.41. The van der Waals surface area contributed by atoms with Crippen LogP contribution in [0.25, 0.3) is 0 Å². The van der Waals surface area contributed by atoms with Gasteiger partial charge in [0.05, 0.1) is 11.1 Å². The predicted molar refractivity (Wildman–Crippen MR) is 45.3 cm³/mol. The summed E-state index contributed by atoms with van der Waals surface area (Å²) in [5.74, 6) is 0. The topological polar surface area (TPSA) is 63.8 Å². The first-order chi connectivity index (χ1) is 5.33. The Labute approximate surface area is 70.0 Å². The highest BCUT2D eigenvalue weighted by Crippen LogP contribution is 2.00. The van der Waals surface area contributed by atoms with Crippen molar-refractivity contribution < 1.29 is 0 Å². The van der Waals surface area contributed by atoms with Gasteiger partial charge in [0.2, 0.25) is 0 Å². The lowest BCUT2D eigenvalue weighted by molar-refractivity contribution is 0.559. The molecule has 0 aliphatic carbocycles. The number of hydrogen-bond donors (Lipinski definition) is 2. The van der Waals surface area contributed by atoms with Gasteiger partial charge in [0.25, 0.3) is 0 Å². The van der Waals surface area contributed by atoms with Crippen LogP contribution in [0.15, 0.2) is 6.20 Å². The highest BCUT2D eigenvalue weighted by atomic mass is 32.1. The fourth-order valence-electron chi connectivity index (χ4n) is 0.624. The number of nitrogens with one attached hydrogen (secondary N) is 1. The second kappa shape index (κ2) is 4.38. The Hall–Kier alpha value is -0.520. The van der Waals surface area contributed by atoms with Crippen LogP contribution in [0.1, 0.15) is 11.8 Å². The van der Waals surface area contributed by atoms with E-state index in [2.05, 4.69) is 21.8 Å². The summed E-state index contributed by atoms with van der Waals surface area (Å²) in [6, 6.07) is 0.358. The van der Waals surface area contributed by atoms with Gasteiger partial charge in [-0.2, -0.15) is 0 Å². The Bertz CT molecular complexity index is 186. The highest BCUT2D eigenvalue weighted by Gasteiger charge is 1.99. The SMILES string of the molecule is C[C@@H](CN)NCc1cnns1. The first-order valence-corrected chi connectivity index (χ1v) is 4.30. The van der Waals surface area contributed by atoms with E-state index < -0.39 is 0 Å². The minimum absolute atomic E-state index is 0.358. The first-order valence-electron chi connectivity index (χ1n) is 3.52. The van der Waals surface area contributed by atoms with E-state index in [4.69, 9.17) is 5.73 Å². The molecule has 0 aromatic carbocycles. The zero-order valence-corrected chi connectivity index (χ0v) is 7.27. The summed E-state index contributed by atoms with van der Waals surface area (Å²) in [5, 5.41) is 6.96. The molecular weight excluding hydrogens is 160 g/mol. The number of hydrogen-bond acceptors (Lipinski definition) is 5. The molecule has 0 aliphatic heterocycles. The smallest absolute Gasteiger partial charge is 0.0666 e. The molecule has 0 bridgehead atoms. The lowest BCUT2D eigenvalue weighted by Crippen LogP contribution is -2.32. The van der Waals surface area contributed by atoms with Gasteiger partial charge < -0.3 is 11.1 Å². The molecule has 0 aliphatic rings. The number of rotatable bonds is 4. The van der Waals surface area contributed by atoms with Crippen molar-refractivity contribution in [3.8, 4) is 0 Å². The fraction of sp³-hybridized carbons (Fsp3) is 0.667. The van der Waals surface area contributed by atoms with Crippen LogP contribution in [-0.2, 0) is 6.54 Å². The molecule has 1 aromatic heterocycles. The number of nitrogens with zero attached hydrogens (tertiary/aromatic N) is 2. The molecule has 1 rings (SSSR count). The van der Waals surface area contributed by atoms with Crippen LogP contribution in [0, 0.1) is 0 Å². The minimum Gasteiger partial charge on any atom is -0.329 e. The lowest BCUT2D eigenvalue weighted by Gasteiger charge is -2.08. The zero-order chi connectivity index (χ0) is 8.10.